The van der Waals surface area contributed by atoms with Gasteiger partial charge in [-0.3, -0.25) is 34.1 Å². The van der Waals surface area contributed by atoms with Crippen LogP contribution in [0.15, 0.2) is 17.5 Å². The van der Waals surface area contributed by atoms with E-state index in [0.717, 1.165) is 15.8 Å². The molecule has 13 nitrogen and oxygen atoms in total. The van der Waals surface area contributed by atoms with E-state index in [0.29, 0.717) is 0 Å². The van der Waals surface area contributed by atoms with Gasteiger partial charge in [-0.15, -0.1) is 11.8 Å². The van der Waals surface area contributed by atoms with E-state index in [1.165, 1.54) is 18.7 Å². The number of amides is 2. The van der Waals surface area contributed by atoms with Gasteiger partial charge >= 0.3 is 17.6 Å². The van der Waals surface area contributed by atoms with Gasteiger partial charge in [0.15, 0.2) is 0 Å². The zero-order valence-corrected chi connectivity index (χ0v) is 16.7. The third-order valence-corrected chi connectivity index (χ3v) is 5.86. The minimum absolute atomic E-state index is 0.169. The van der Waals surface area contributed by atoms with Crippen molar-refractivity contribution in [2.75, 3.05) is 12.4 Å². The van der Waals surface area contributed by atoms with Crippen molar-refractivity contribution in [2.24, 2.45) is 0 Å². The number of esters is 1. The summed E-state index contributed by atoms with van der Waals surface area (Å²) in [5.41, 5.74) is -0.819. The first-order valence-electron chi connectivity index (χ1n) is 8.71. The Morgan fingerprint density at radius 3 is 2.73 bits per heavy atom. The average molecular weight is 439 g/mol. The van der Waals surface area contributed by atoms with Crippen molar-refractivity contribution in [1.29, 1.82) is 0 Å². The SMILES string of the molecule is CCn1ncc([N+](=O)[O-])c1C(=O)N[C@H]1C(=O)N2C(C(=O)O)=C(COC(C)=O)CS[C@@H]12. The number of β-lactam (4-membered cyclic amide) rings is 1. The lowest BCUT2D eigenvalue weighted by atomic mass is 10.0. The molecule has 3 heterocycles. The highest BCUT2D eigenvalue weighted by Crippen LogP contribution is 2.40. The molecule has 2 amide bonds. The summed E-state index contributed by atoms with van der Waals surface area (Å²) in [5, 5.41) is 26.2. The van der Waals surface area contributed by atoms with Crippen LogP contribution < -0.4 is 5.32 Å². The van der Waals surface area contributed by atoms with Crippen molar-refractivity contribution >= 4 is 41.2 Å². The summed E-state index contributed by atoms with van der Waals surface area (Å²) in [6.07, 6.45) is 0.954. The molecule has 0 spiro atoms. The molecule has 1 saturated heterocycles. The maximum Gasteiger partial charge on any atom is 0.352 e. The lowest BCUT2D eigenvalue weighted by Crippen LogP contribution is -2.70. The van der Waals surface area contributed by atoms with Gasteiger partial charge in [0.1, 0.15) is 29.9 Å². The Labute approximate surface area is 173 Å². The van der Waals surface area contributed by atoms with Crippen molar-refractivity contribution < 1.29 is 33.9 Å². The van der Waals surface area contributed by atoms with Crippen LogP contribution in [0.2, 0.25) is 0 Å². The third kappa shape index (κ3) is 3.60. The van der Waals surface area contributed by atoms with Gasteiger partial charge in [0.25, 0.3) is 11.8 Å². The number of carbonyl (C=O) groups excluding carboxylic acids is 3. The van der Waals surface area contributed by atoms with Gasteiger partial charge in [0.05, 0.1) is 4.92 Å². The van der Waals surface area contributed by atoms with E-state index in [-0.39, 0.29) is 35.9 Å². The van der Waals surface area contributed by atoms with E-state index in [4.69, 9.17) is 4.74 Å². The van der Waals surface area contributed by atoms with Crippen LogP contribution in [0, 0.1) is 10.1 Å². The summed E-state index contributed by atoms with van der Waals surface area (Å²) >= 11 is 1.19. The normalized spacial score (nSPS) is 20.3. The molecule has 30 heavy (non-hydrogen) atoms. The van der Waals surface area contributed by atoms with E-state index in [1.54, 1.807) is 6.92 Å². The molecule has 2 aliphatic heterocycles. The predicted molar refractivity (Wildman–Crippen MR) is 100 cm³/mol. The molecule has 2 N–H and O–H groups in total. The maximum atomic E-state index is 12.6. The van der Waals surface area contributed by atoms with Crippen LogP contribution >= 0.6 is 11.8 Å². The van der Waals surface area contributed by atoms with Crippen LogP contribution in [0.4, 0.5) is 5.69 Å². The molecular weight excluding hydrogens is 422 g/mol. The first kappa shape index (κ1) is 21.3. The summed E-state index contributed by atoms with van der Waals surface area (Å²) < 4.78 is 5.99. The summed E-state index contributed by atoms with van der Waals surface area (Å²) in [6, 6.07) is -1.06. The Balaban J connectivity index is 1.81. The summed E-state index contributed by atoms with van der Waals surface area (Å²) in [6.45, 7) is 2.76. The lowest BCUT2D eigenvalue weighted by Gasteiger charge is -2.49. The smallest absolute Gasteiger partial charge is 0.352 e. The number of rotatable bonds is 7. The van der Waals surface area contributed by atoms with Crippen molar-refractivity contribution in [3.8, 4) is 0 Å². The highest BCUT2D eigenvalue weighted by Gasteiger charge is 2.54. The molecule has 160 valence electrons. The van der Waals surface area contributed by atoms with Crippen LogP contribution in [0.25, 0.3) is 0 Å². The van der Waals surface area contributed by atoms with Crippen molar-refractivity contribution in [3.63, 3.8) is 0 Å². The number of nitrogens with one attached hydrogen (secondary N) is 1. The number of thioether (sulfide) groups is 1. The third-order valence-electron chi connectivity index (χ3n) is 4.52. The largest absolute Gasteiger partial charge is 0.477 e. The number of nitro groups is 1. The molecule has 2 atom stereocenters. The number of aliphatic carboxylic acids is 1. The Bertz CT molecular complexity index is 986. The fourth-order valence-corrected chi connectivity index (χ4v) is 4.50. The van der Waals surface area contributed by atoms with Gasteiger partial charge in [0.2, 0.25) is 5.69 Å². The fraction of sp³-hybridized carbons (Fsp3) is 0.438. The zero-order valence-electron chi connectivity index (χ0n) is 15.9. The Morgan fingerprint density at radius 1 is 1.47 bits per heavy atom. The molecule has 14 heteroatoms. The van der Waals surface area contributed by atoms with Gasteiger partial charge < -0.3 is 15.2 Å². The number of aryl methyl sites for hydroxylation is 1. The van der Waals surface area contributed by atoms with Gasteiger partial charge in [-0.05, 0) is 6.92 Å². The van der Waals surface area contributed by atoms with Gasteiger partial charge in [-0.1, -0.05) is 0 Å². The second kappa shape index (κ2) is 8.14. The summed E-state index contributed by atoms with van der Waals surface area (Å²) in [5.74, 6) is -3.31. The molecule has 1 aromatic heterocycles. The minimum Gasteiger partial charge on any atom is -0.477 e. The first-order valence-corrected chi connectivity index (χ1v) is 9.76. The van der Waals surface area contributed by atoms with Gasteiger partial charge in [0, 0.05) is 24.8 Å². The number of hydrogen-bond acceptors (Lipinski definition) is 9. The molecule has 1 aromatic rings. The Kier molecular flexibility index (Phi) is 5.78. The van der Waals surface area contributed by atoms with Crippen LogP contribution in [-0.4, -0.2) is 72.2 Å². The molecule has 0 saturated carbocycles. The number of fused-ring (bicyclic) bond motifs is 1. The van der Waals surface area contributed by atoms with Crippen molar-refractivity contribution in [1.82, 2.24) is 20.0 Å². The van der Waals surface area contributed by atoms with Gasteiger partial charge in [-0.2, -0.15) is 5.10 Å². The number of nitrogens with zero attached hydrogens (tertiary/aromatic N) is 4. The van der Waals surface area contributed by atoms with Crippen LogP contribution in [0.5, 0.6) is 0 Å². The number of carboxylic acid groups (broad SMARTS) is 1. The zero-order chi connectivity index (χ0) is 22.2. The Morgan fingerprint density at radius 2 is 2.17 bits per heavy atom. The molecule has 2 aliphatic rings. The van der Waals surface area contributed by atoms with E-state index >= 15 is 0 Å². The monoisotopic (exact) mass is 439 g/mol. The molecule has 0 unspecified atom stereocenters. The number of ether oxygens (including phenoxy) is 1. The van der Waals surface area contributed by atoms with E-state index < -0.39 is 45.8 Å². The van der Waals surface area contributed by atoms with Crippen molar-refractivity contribution in [3.05, 3.63) is 33.3 Å². The van der Waals surface area contributed by atoms with E-state index in [1.807, 2.05) is 0 Å². The predicted octanol–water partition coefficient (Wildman–Crippen LogP) is -0.273. The molecule has 0 aliphatic carbocycles. The molecule has 0 aromatic carbocycles. The molecule has 3 rings (SSSR count). The number of aromatic nitrogens is 2. The average Bonchev–Trinajstić information content (AvgIpc) is 3.13. The minimum atomic E-state index is -1.36. The quantitative estimate of drug-likeness (QED) is 0.249. The van der Waals surface area contributed by atoms with Crippen molar-refractivity contribution in [2.45, 2.75) is 31.8 Å². The maximum absolute atomic E-state index is 12.6. The highest BCUT2D eigenvalue weighted by molar-refractivity contribution is 8.00. The highest BCUT2D eigenvalue weighted by atomic mass is 32.2. The second-order valence-corrected chi connectivity index (χ2v) is 7.45. The first-order chi connectivity index (χ1) is 14.2. The van der Waals surface area contributed by atoms with Gasteiger partial charge in [-0.25, -0.2) is 4.79 Å². The topological polar surface area (TPSA) is 174 Å². The lowest BCUT2D eigenvalue weighted by molar-refractivity contribution is -0.385. The van der Waals surface area contributed by atoms with Crippen LogP contribution in [-0.2, 0) is 25.7 Å². The van der Waals surface area contributed by atoms with E-state index in [9.17, 15) is 34.4 Å². The number of hydrogen-bond donors (Lipinski definition) is 2. The summed E-state index contributed by atoms with van der Waals surface area (Å²) in [4.78, 5) is 59.4. The Hall–Kier alpha value is -3.42. The standard InChI is InChI=1S/C16H17N5O8S/c1-3-19-12(9(4-17-19)21(27)28)13(23)18-10-14(24)20-11(16(25)26)8(5-29-7(2)22)6-30-15(10)20/h4,10,15H,3,5-6H2,1-2H3,(H,18,23)(H,25,26)/t10-,15-/m0/s1. The molecule has 0 bridgehead atoms. The fourth-order valence-electron chi connectivity index (χ4n) is 3.18. The molecular formula is C16H17N5O8S. The van der Waals surface area contributed by atoms with E-state index in [2.05, 4.69) is 10.4 Å². The molecule has 0 radical (unpaired) electrons. The van der Waals surface area contributed by atoms with Crippen LogP contribution in [0.3, 0.4) is 0 Å². The van der Waals surface area contributed by atoms with Crippen LogP contribution in [0.1, 0.15) is 24.3 Å². The molecule has 1 fully saturated rings. The number of carboxylic acids is 1. The summed E-state index contributed by atoms with van der Waals surface area (Å²) in [7, 11) is 0. The second-order valence-electron chi connectivity index (χ2n) is 6.35. The number of carbonyl (C=O) groups is 4.